The number of carbonyl (C=O) groups excluding carboxylic acids is 1. The van der Waals surface area contributed by atoms with E-state index in [4.69, 9.17) is 0 Å². The fraction of sp³-hybridized carbons (Fsp3) is 0.571. The van der Waals surface area contributed by atoms with E-state index in [9.17, 15) is 18.0 Å². The highest BCUT2D eigenvalue weighted by atomic mass is 32.1. The Balaban J connectivity index is 2.57. The van der Waals surface area contributed by atoms with Crippen LogP contribution in [0.2, 0.25) is 0 Å². The maximum atomic E-state index is 12.2. The Kier molecular flexibility index (Phi) is 7.34. The maximum Gasteiger partial charge on any atom is 0.406 e. The molecule has 1 amide bonds. The molecule has 0 spiro atoms. The molecule has 9 heteroatoms. The normalized spacial score (nSPS) is 12.2. The van der Waals surface area contributed by atoms with Gasteiger partial charge in [0.15, 0.2) is 5.96 Å². The lowest BCUT2D eigenvalue weighted by atomic mass is 10.3. The van der Waals surface area contributed by atoms with E-state index in [2.05, 4.69) is 15.6 Å². The van der Waals surface area contributed by atoms with Crippen molar-refractivity contribution < 1.29 is 18.0 Å². The van der Waals surface area contributed by atoms with Crippen LogP contribution in [0.4, 0.5) is 13.2 Å². The summed E-state index contributed by atoms with van der Waals surface area (Å²) in [5.74, 6) is -0.291. The van der Waals surface area contributed by atoms with Gasteiger partial charge in [-0.3, -0.25) is 4.79 Å². The number of aliphatic imine (C=N–C) groups is 1. The van der Waals surface area contributed by atoms with Crippen molar-refractivity contribution in [3.8, 4) is 0 Å². The number of nitrogens with zero attached hydrogens (tertiary/aromatic N) is 2. The van der Waals surface area contributed by atoms with E-state index >= 15 is 0 Å². The number of alkyl halides is 3. The molecule has 0 unspecified atom stereocenters. The van der Waals surface area contributed by atoms with E-state index < -0.39 is 18.6 Å². The van der Waals surface area contributed by atoms with Gasteiger partial charge in [-0.25, -0.2) is 4.99 Å². The number of guanidine groups is 1. The first-order valence-corrected chi connectivity index (χ1v) is 7.96. The van der Waals surface area contributed by atoms with Crippen molar-refractivity contribution in [3.63, 3.8) is 0 Å². The molecular formula is C14H21F3N4OS. The van der Waals surface area contributed by atoms with Crippen LogP contribution in [0.5, 0.6) is 0 Å². The van der Waals surface area contributed by atoms with Gasteiger partial charge in [0.2, 0.25) is 5.91 Å². The molecule has 0 saturated heterocycles. The van der Waals surface area contributed by atoms with Crippen LogP contribution in [0.1, 0.15) is 17.4 Å². The first-order chi connectivity index (χ1) is 10.7. The molecule has 23 heavy (non-hydrogen) atoms. The van der Waals surface area contributed by atoms with Crippen LogP contribution in [0.3, 0.4) is 0 Å². The number of nitrogens with one attached hydrogen (secondary N) is 2. The van der Waals surface area contributed by atoms with Crippen molar-refractivity contribution >= 4 is 23.2 Å². The van der Waals surface area contributed by atoms with E-state index in [1.165, 1.54) is 0 Å². The zero-order chi connectivity index (χ0) is 17.5. The maximum absolute atomic E-state index is 12.2. The Morgan fingerprint density at radius 3 is 2.61 bits per heavy atom. The lowest BCUT2D eigenvalue weighted by Gasteiger charge is -2.18. The number of halogens is 3. The number of hydrogen-bond acceptors (Lipinski definition) is 3. The Morgan fingerprint density at radius 2 is 2.09 bits per heavy atom. The monoisotopic (exact) mass is 350 g/mol. The quantitative estimate of drug-likeness (QED) is 0.610. The van der Waals surface area contributed by atoms with Crippen LogP contribution < -0.4 is 10.6 Å². The molecule has 0 aliphatic heterocycles. The van der Waals surface area contributed by atoms with Gasteiger partial charge < -0.3 is 15.5 Å². The summed E-state index contributed by atoms with van der Waals surface area (Å²) < 4.78 is 36.7. The van der Waals surface area contributed by atoms with E-state index in [1.807, 2.05) is 25.3 Å². The first-order valence-electron chi connectivity index (χ1n) is 7.08. The van der Waals surface area contributed by atoms with Crippen molar-refractivity contribution in [2.75, 3.05) is 26.7 Å². The smallest absolute Gasteiger partial charge is 0.357 e. The molecule has 1 aromatic rings. The molecule has 5 nitrogen and oxygen atoms in total. The van der Waals surface area contributed by atoms with Crippen molar-refractivity contribution in [2.45, 2.75) is 26.6 Å². The van der Waals surface area contributed by atoms with Crippen LogP contribution in [0.15, 0.2) is 16.4 Å². The van der Waals surface area contributed by atoms with E-state index in [-0.39, 0.29) is 6.54 Å². The minimum Gasteiger partial charge on any atom is -0.357 e. The van der Waals surface area contributed by atoms with Crippen molar-refractivity contribution in [3.05, 3.63) is 21.9 Å². The van der Waals surface area contributed by atoms with Crippen LogP contribution >= 0.6 is 11.3 Å². The Labute approximate surface area is 137 Å². The second-order valence-electron chi connectivity index (χ2n) is 4.94. The summed E-state index contributed by atoms with van der Waals surface area (Å²) in [6.07, 6.45) is -4.41. The molecule has 0 aliphatic carbocycles. The SMILES string of the molecule is CCNC(=NCC(=O)N(C)CC(F)(F)F)NCc1sccc1C. The third-order valence-corrected chi connectivity index (χ3v) is 3.97. The predicted octanol–water partition coefficient (Wildman–Crippen LogP) is 2.13. The summed E-state index contributed by atoms with van der Waals surface area (Å²) in [4.78, 5) is 17.5. The van der Waals surface area contributed by atoms with E-state index in [1.54, 1.807) is 11.3 Å². The fourth-order valence-electron chi connectivity index (χ4n) is 1.72. The second kappa shape index (κ2) is 8.76. The van der Waals surface area contributed by atoms with Crippen LogP contribution in [0, 0.1) is 6.92 Å². The zero-order valence-corrected chi connectivity index (χ0v) is 14.1. The standard InChI is InChI=1S/C14H21F3N4OS/c1-4-18-13(19-7-11-10(2)5-6-23-11)20-8-12(22)21(3)9-14(15,16)17/h5-6H,4,7-9H2,1-3H3,(H2,18,19,20). The number of thiophene rings is 1. The van der Waals surface area contributed by atoms with Crippen LogP contribution in [0.25, 0.3) is 0 Å². The summed E-state index contributed by atoms with van der Waals surface area (Å²) in [5.41, 5.74) is 1.15. The molecule has 1 rings (SSSR count). The summed E-state index contributed by atoms with van der Waals surface area (Å²) in [7, 11) is 1.11. The zero-order valence-electron chi connectivity index (χ0n) is 13.3. The number of aryl methyl sites for hydroxylation is 1. The number of amides is 1. The first kappa shape index (κ1) is 19.3. The molecule has 130 valence electrons. The van der Waals surface area contributed by atoms with E-state index in [0.717, 1.165) is 17.5 Å². The van der Waals surface area contributed by atoms with Gasteiger partial charge in [-0.1, -0.05) is 0 Å². The lowest BCUT2D eigenvalue weighted by Crippen LogP contribution is -2.40. The minimum atomic E-state index is -4.41. The minimum absolute atomic E-state index is 0.342. The van der Waals surface area contributed by atoms with Crippen LogP contribution in [-0.2, 0) is 11.3 Å². The molecule has 0 radical (unpaired) electrons. The number of carbonyl (C=O) groups is 1. The van der Waals surface area contributed by atoms with Crippen molar-refractivity contribution in [2.24, 2.45) is 4.99 Å². The molecular weight excluding hydrogens is 329 g/mol. The highest BCUT2D eigenvalue weighted by molar-refractivity contribution is 7.10. The molecule has 0 aromatic carbocycles. The number of likely N-dealkylation sites (N-methyl/N-ethyl adjacent to an activating group) is 1. The summed E-state index contributed by atoms with van der Waals surface area (Å²) in [6, 6.07) is 2.00. The number of rotatable bonds is 6. The fourth-order valence-corrected chi connectivity index (χ4v) is 2.56. The molecule has 2 N–H and O–H groups in total. The summed E-state index contributed by atoms with van der Waals surface area (Å²) in [5, 5.41) is 8.00. The molecule has 0 aliphatic rings. The summed E-state index contributed by atoms with van der Waals surface area (Å²) in [6.45, 7) is 3.37. The molecule has 0 atom stereocenters. The van der Waals surface area contributed by atoms with Gasteiger partial charge in [0, 0.05) is 18.5 Å². The third-order valence-electron chi connectivity index (χ3n) is 2.94. The molecule has 1 aromatic heterocycles. The number of hydrogen-bond donors (Lipinski definition) is 2. The lowest BCUT2D eigenvalue weighted by molar-refractivity contribution is -0.157. The van der Waals surface area contributed by atoms with Gasteiger partial charge in [0.05, 0.1) is 6.54 Å². The average molecular weight is 350 g/mol. The summed E-state index contributed by atoms with van der Waals surface area (Å²) >= 11 is 1.60. The Bertz CT molecular complexity index is 542. The van der Waals surface area contributed by atoms with Crippen molar-refractivity contribution in [1.29, 1.82) is 0 Å². The Hall–Kier alpha value is -1.77. The molecule has 0 saturated carbocycles. The largest absolute Gasteiger partial charge is 0.406 e. The van der Waals surface area contributed by atoms with Gasteiger partial charge in [-0.2, -0.15) is 13.2 Å². The van der Waals surface area contributed by atoms with Crippen LogP contribution in [-0.4, -0.2) is 49.6 Å². The molecule has 0 bridgehead atoms. The average Bonchev–Trinajstić information content (AvgIpc) is 2.85. The highest BCUT2D eigenvalue weighted by Crippen LogP contribution is 2.16. The molecule has 1 heterocycles. The van der Waals surface area contributed by atoms with Crippen molar-refractivity contribution in [1.82, 2.24) is 15.5 Å². The van der Waals surface area contributed by atoms with Gasteiger partial charge in [-0.05, 0) is 30.9 Å². The molecule has 0 fully saturated rings. The van der Waals surface area contributed by atoms with Gasteiger partial charge in [0.25, 0.3) is 0 Å². The van der Waals surface area contributed by atoms with E-state index in [0.29, 0.717) is 23.9 Å². The van der Waals surface area contributed by atoms with Gasteiger partial charge in [0.1, 0.15) is 13.1 Å². The Morgan fingerprint density at radius 1 is 1.39 bits per heavy atom. The van der Waals surface area contributed by atoms with Gasteiger partial charge in [-0.15, -0.1) is 11.3 Å². The third kappa shape index (κ3) is 7.36. The van der Waals surface area contributed by atoms with Gasteiger partial charge >= 0.3 is 6.18 Å². The highest BCUT2D eigenvalue weighted by Gasteiger charge is 2.30. The topological polar surface area (TPSA) is 56.7 Å². The second-order valence-corrected chi connectivity index (χ2v) is 5.94. The predicted molar refractivity (Wildman–Crippen MR) is 85.6 cm³/mol.